The van der Waals surface area contributed by atoms with E-state index in [1.165, 1.54) is 161 Å². The molecule has 0 heterocycles. The summed E-state index contributed by atoms with van der Waals surface area (Å²) in [5.41, 5.74) is 0. The summed E-state index contributed by atoms with van der Waals surface area (Å²) in [5.74, 6) is -0.504. The SMILES string of the molecule is CCCCCCCC/C=C/CCCCCCCCCCCC[C@H](O)C(=O)N[C@@H](CO)[C@H](O)/C=C/CCCCCCCCCCCCC. The Morgan fingerprint density at radius 2 is 0.851 bits per heavy atom. The lowest BCUT2D eigenvalue weighted by Crippen LogP contribution is -2.48. The molecule has 0 radical (unpaired) electrons. The van der Waals surface area contributed by atoms with Crippen molar-refractivity contribution in [3.63, 3.8) is 0 Å². The van der Waals surface area contributed by atoms with Crippen LogP contribution >= 0.6 is 0 Å². The highest BCUT2D eigenvalue weighted by atomic mass is 16.3. The van der Waals surface area contributed by atoms with Crippen LogP contribution in [0.4, 0.5) is 0 Å². The lowest BCUT2D eigenvalue weighted by molar-refractivity contribution is -0.131. The maximum atomic E-state index is 12.4. The third-order valence-corrected chi connectivity index (χ3v) is 9.54. The number of nitrogens with one attached hydrogen (secondary N) is 1. The first-order valence-electron chi connectivity index (χ1n) is 20.7. The molecule has 0 saturated carbocycles. The highest BCUT2D eigenvalue weighted by Crippen LogP contribution is 2.15. The molecule has 0 aromatic carbocycles. The number of hydrogen-bond acceptors (Lipinski definition) is 4. The molecule has 0 bridgehead atoms. The standard InChI is InChI=1S/C42H81NO4/c1-3-5-7-9-11-13-15-17-18-19-20-21-22-23-25-27-29-31-33-35-37-41(46)42(47)43-39(38-44)40(45)36-34-32-30-28-26-24-16-14-12-10-8-6-4-2/h17-18,34,36,39-41,44-46H,3-16,19-33,35,37-38H2,1-2H3,(H,43,47)/b18-17+,36-34+/t39-,40+,41-/m0/s1. The lowest BCUT2D eigenvalue weighted by Gasteiger charge is -2.21. The molecule has 4 N–H and O–H groups in total. The van der Waals surface area contributed by atoms with Crippen LogP contribution in [0.5, 0.6) is 0 Å². The molecule has 1 amide bonds. The van der Waals surface area contributed by atoms with E-state index in [9.17, 15) is 20.1 Å². The molecule has 3 atom stereocenters. The Labute approximate surface area is 292 Å². The van der Waals surface area contributed by atoms with Crippen LogP contribution in [0.25, 0.3) is 0 Å². The molecule has 0 rings (SSSR count). The van der Waals surface area contributed by atoms with Crippen LogP contribution in [0, 0.1) is 0 Å². The summed E-state index contributed by atoms with van der Waals surface area (Å²) >= 11 is 0. The van der Waals surface area contributed by atoms with Crippen LogP contribution in [0.1, 0.15) is 213 Å². The summed E-state index contributed by atoms with van der Waals surface area (Å²) in [4.78, 5) is 12.4. The van der Waals surface area contributed by atoms with Crippen molar-refractivity contribution in [2.75, 3.05) is 6.61 Å². The van der Waals surface area contributed by atoms with Gasteiger partial charge in [-0.2, -0.15) is 0 Å². The van der Waals surface area contributed by atoms with E-state index < -0.39 is 24.2 Å². The summed E-state index contributed by atoms with van der Waals surface area (Å²) in [6, 6.07) is -0.794. The molecule has 0 spiro atoms. The van der Waals surface area contributed by atoms with Crippen LogP contribution in [0.3, 0.4) is 0 Å². The van der Waals surface area contributed by atoms with Gasteiger partial charge in [-0.3, -0.25) is 4.79 Å². The Morgan fingerprint density at radius 1 is 0.511 bits per heavy atom. The van der Waals surface area contributed by atoms with Gasteiger partial charge in [0.2, 0.25) is 5.91 Å². The summed E-state index contributed by atoms with van der Waals surface area (Å²) in [6.07, 6.45) is 44.8. The molecule has 0 unspecified atom stereocenters. The van der Waals surface area contributed by atoms with Crippen LogP contribution in [0.2, 0.25) is 0 Å². The fraction of sp³-hybridized carbons (Fsp3) is 0.881. The maximum Gasteiger partial charge on any atom is 0.249 e. The minimum atomic E-state index is -1.10. The van der Waals surface area contributed by atoms with Gasteiger partial charge in [0.05, 0.1) is 18.8 Å². The molecule has 5 nitrogen and oxygen atoms in total. The van der Waals surface area contributed by atoms with E-state index in [1.54, 1.807) is 6.08 Å². The molecule has 0 aromatic heterocycles. The fourth-order valence-electron chi connectivity index (χ4n) is 6.24. The van der Waals surface area contributed by atoms with E-state index in [0.29, 0.717) is 6.42 Å². The van der Waals surface area contributed by atoms with Crippen molar-refractivity contribution in [2.24, 2.45) is 0 Å². The number of amides is 1. The van der Waals surface area contributed by atoms with Crippen LogP contribution in [-0.2, 0) is 4.79 Å². The van der Waals surface area contributed by atoms with Gasteiger partial charge in [-0.05, 0) is 44.9 Å². The van der Waals surface area contributed by atoms with Crippen molar-refractivity contribution in [3.05, 3.63) is 24.3 Å². The predicted octanol–water partition coefficient (Wildman–Crippen LogP) is 11.4. The average Bonchev–Trinajstić information content (AvgIpc) is 3.07. The van der Waals surface area contributed by atoms with E-state index in [-0.39, 0.29) is 6.61 Å². The zero-order valence-electron chi connectivity index (χ0n) is 31.4. The number of aliphatic hydroxyl groups excluding tert-OH is 3. The van der Waals surface area contributed by atoms with Gasteiger partial charge in [-0.1, -0.05) is 192 Å². The molecule has 5 heteroatoms. The lowest BCUT2D eigenvalue weighted by atomic mass is 10.0. The Balaban J connectivity index is 3.67. The Morgan fingerprint density at radius 3 is 1.23 bits per heavy atom. The Hall–Kier alpha value is -1.17. The molecule has 0 fully saturated rings. The molecule has 0 aliphatic heterocycles. The van der Waals surface area contributed by atoms with Crippen molar-refractivity contribution < 1.29 is 20.1 Å². The Bertz CT molecular complexity index is 694. The van der Waals surface area contributed by atoms with E-state index in [4.69, 9.17) is 0 Å². The third kappa shape index (κ3) is 33.1. The highest BCUT2D eigenvalue weighted by molar-refractivity contribution is 5.80. The second kappa shape index (κ2) is 37.6. The summed E-state index contributed by atoms with van der Waals surface area (Å²) in [6.45, 7) is 4.17. The quantitative estimate of drug-likeness (QED) is 0.0393. The first kappa shape index (κ1) is 45.8. The zero-order chi connectivity index (χ0) is 34.5. The van der Waals surface area contributed by atoms with E-state index in [2.05, 4.69) is 31.3 Å². The first-order valence-corrected chi connectivity index (χ1v) is 20.7. The van der Waals surface area contributed by atoms with Gasteiger partial charge in [0.1, 0.15) is 6.10 Å². The van der Waals surface area contributed by atoms with E-state index in [1.807, 2.05) is 6.08 Å². The number of aliphatic hydroxyl groups is 3. The number of carbonyl (C=O) groups excluding carboxylic acids is 1. The average molecular weight is 664 g/mol. The van der Waals surface area contributed by atoms with Gasteiger partial charge < -0.3 is 20.6 Å². The largest absolute Gasteiger partial charge is 0.394 e. The van der Waals surface area contributed by atoms with Crippen LogP contribution in [0.15, 0.2) is 24.3 Å². The minimum Gasteiger partial charge on any atom is -0.394 e. The molecule has 0 saturated heterocycles. The monoisotopic (exact) mass is 664 g/mol. The summed E-state index contributed by atoms with van der Waals surface area (Å²) in [5, 5.41) is 33.0. The summed E-state index contributed by atoms with van der Waals surface area (Å²) < 4.78 is 0. The second-order valence-electron chi connectivity index (χ2n) is 14.2. The molecule has 0 aliphatic carbocycles. The molecule has 0 aromatic rings. The Kier molecular flexibility index (Phi) is 36.7. The van der Waals surface area contributed by atoms with Gasteiger partial charge in [0.15, 0.2) is 0 Å². The van der Waals surface area contributed by atoms with E-state index in [0.717, 1.165) is 32.1 Å². The van der Waals surface area contributed by atoms with Gasteiger partial charge in [0, 0.05) is 0 Å². The molecule has 278 valence electrons. The number of allylic oxidation sites excluding steroid dienone is 3. The van der Waals surface area contributed by atoms with Gasteiger partial charge in [-0.15, -0.1) is 0 Å². The topological polar surface area (TPSA) is 89.8 Å². The highest BCUT2D eigenvalue weighted by Gasteiger charge is 2.22. The van der Waals surface area contributed by atoms with Crippen molar-refractivity contribution in [1.29, 1.82) is 0 Å². The van der Waals surface area contributed by atoms with Crippen LogP contribution in [-0.4, -0.2) is 46.1 Å². The normalized spacial score (nSPS) is 13.9. The smallest absolute Gasteiger partial charge is 0.249 e. The third-order valence-electron chi connectivity index (χ3n) is 9.54. The van der Waals surface area contributed by atoms with Crippen molar-refractivity contribution >= 4 is 5.91 Å². The zero-order valence-corrected chi connectivity index (χ0v) is 31.4. The van der Waals surface area contributed by atoms with Gasteiger partial charge in [0.25, 0.3) is 0 Å². The maximum absolute atomic E-state index is 12.4. The van der Waals surface area contributed by atoms with E-state index >= 15 is 0 Å². The van der Waals surface area contributed by atoms with Gasteiger partial charge >= 0.3 is 0 Å². The minimum absolute atomic E-state index is 0.362. The second-order valence-corrected chi connectivity index (χ2v) is 14.2. The molecular weight excluding hydrogens is 582 g/mol. The van der Waals surface area contributed by atoms with Crippen LogP contribution < -0.4 is 5.32 Å². The number of carbonyl (C=O) groups is 1. The van der Waals surface area contributed by atoms with Crippen molar-refractivity contribution in [3.8, 4) is 0 Å². The predicted molar refractivity (Wildman–Crippen MR) is 204 cm³/mol. The molecular formula is C42H81NO4. The van der Waals surface area contributed by atoms with Crippen molar-refractivity contribution in [1.82, 2.24) is 5.32 Å². The summed E-state index contributed by atoms with van der Waals surface area (Å²) in [7, 11) is 0. The van der Waals surface area contributed by atoms with Crippen molar-refractivity contribution in [2.45, 2.75) is 231 Å². The number of unbranched alkanes of at least 4 members (excludes halogenated alkanes) is 27. The first-order chi connectivity index (χ1) is 23.1. The fourth-order valence-corrected chi connectivity index (χ4v) is 6.24. The number of rotatable bonds is 37. The number of hydrogen-bond donors (Lipinski definition) is 4. The molecule has 0 aliphatic rings. The molecule has 47 heavy (non-hydrogen) atoms. The van der Waals surface area contributed by atoms with Gasteiger partial charge in [-0.25, -0.2) is 0 Å².